The summed E-state index contributed by atoms with van der Waals surface area (Å²) in [5.41, 5.74) is 5.08. The zero-order valence-corrected chi connectivity index (χ0v) is 13.5. The highest BCUT2D eigenvalue weighted by molar-refractivity contribution is 6.06. The lowest BCUT2D eigenvalue weighted by atomic mass is 10.1. The van der Waals surface area contributed by atoms with Crippen molar-refractivity contribution < 1.29 is 9.90 Å². The summed E-state index contributed by atoms with van der Waals surface area (Å²) in [5, 5.41) is 13.7. The number of hydrogen-bond donors (Lipinski definition) is 3. The Morgan fingerprint density at radius 1 is 1.17 bits per heavy atom. The molecule has 3 aromatic rings. The van der Waals surface area contributed by atoms with Gasteiger partial charge in [0.25, 0.3) is 5.91 Å². The molecule has 0 radical (unpaired) electrons. The number of aryl methyl sites for hydroxylation is 2. The molecule has 0 aliphatic rings. The van der Waals surface area contributed by atoms with Crippen molar-refractivity contribution in [1.29, 1.82) is 0 Å². The van der Waals surface area contributed by atoms with Crippen LogP contribution in [0.25, 0.3) is 10.9 Å². The van der Waals surface area contributed by atoms with Gasteiger partial charge in [-0.3, -0.25) is 4.79 Å². The van der Waals surface area contributed by atoms with Crippen molar-refractivity contribution in [2.45, 2.75) is 26.9 Å². The molecule has 1 aromatic heterocycles. The fraction of sp³-hybridized carbons (Fsp3) is 0.211. The van der Waals surface area contributed by atoms with Gasteiger partial charge in [0.1, 0.15) is 5.69 Å². The van der Waals surface area contributed by atoms with Gasteiger partial charge in [0.15, 0.2) is 0 Å². The Morgan fingerprint density at radius 3 is 2.65 bits per heavy atom. The highest BCUT2D eigenvalue weighted by atomic mass is 16.3. The van der Waals surface area contributed by atoms with Crippen LogP contribution in [0.2, 0.25) is 0 Å². The van der Waals surface area contributed by atoms with Crippen molar-refractivity contribution in [1.82, 2.24) is 4.98 Å². The predicted molar refractivity (Wildman–Crippen MR) is 92.8 cm³/mol. The molecule has 4 heteroatoms. The number of nitrogens with one attached hydrogen (secondary N) is 2. The quantitative estimate of drug-likeness (QED) is 0.682. The van der Waals surface area contributed by atoms with Crippen LogP contribution in [0.15, 0.2) is 42.5 Å². The van der Waals surface area contributed by atoms with Gasteiger partial charge in [-0.25, -0.2) is 0 Å². The topological polar surface area (TPSA) is 65.1 Å². The Morgan fingerprint density at radius 2 is 1.91 bits per heavy atom. The standard InChI is InChI=1S/C19H20N2O2/c1-11-8-12(2)15-10-18(20-17(15)9-11)19(23)21-16-7-5-4-6-14(16)13(3)22/h4-10,13,20,22H,1-3H3,(H,21,23). The van der Waals surface area contributed by atoms with E-state index in [1.165, 1.54) is 0 Å². The lowest BCUT2D eigenvalue weighted by Gasteiger charge is -2.12. The van der Waals surface area contributed by atoms with E-state index < -0.39 is 6.10 Å². The maximum atomic E-state index is 12.5. The summed E-state index contributed by atoms with van der Waals surface area (Å²) in [6.45, 7) is 5.75. The zero-order chi connectivity index (χ0) is 16.6. The van der Waals surface area contributed by atoms with E-state index >= 15 is 0 Å². The second-order valence-corrected chi connectivity index (χ2v) is 5.94. The van der Waals surface area contributed by atoms with Crippen LogP contribution in [0.4, 0.5) is 5.69 Å². The number of carbonyl (C=O) groups is 1. The minimum absolute atomic E-state index is 0.216. The fourth-order valence-electron chi connectivity index (χ4n) is 2.89. The number of anilines is 1. The number of rotatable bonds is 3. The monoisotopic (exact) mass is 308 g/mol. The lowest BCUT2D eigenvalue weighted by Crippen LogP contribution is -2.14. The molecule has 0 aliphatic carbocycles. The Bertz CT molecular complexity index is 878. The molecular formula is C19H20N2O2. The van der Waals surface area contributed by atoms with Crippen molar-refractivity contribution >= 4 is 22.5 Å². The third kappa shape index (κ3) is 2.98. The van der Waals surface area contributed by atoms with Crippen LogP contribution in [0.1, 0.15) is 40.2 Å². The number of carbonyl (C=O) groups excluding carboxylic acids is 1. The Kier molecular flexibility index (Phi) is 3.92. The average Bonchev–Trinajstić information content (AvgIpc) is 2.92. The molecule has 0 fully saturated rings. The van der Waals surface area contributed by atoms with E-state index in [4.69, 9.17) is 0 Å². The number of para-hydroxylation sites is 1. The second kappa shape index (κ2) is 5.89. The first kappa shape index (κ1) is 15.3. The van der Waals surface area contributed by atoms with Gasteiger partial charge >= 0.3 is 0 Å². The summed E-state index contributed by atoms with van der Waals surface area (Å²) in [6, 6.07) is 13.3. The molecule has 3 rings (SSSR count). The minimum Gasteiger partial charge on any atom is -0.389 e. The first-order valence-electron chi connectivity index (χ1n) is 7.64. The number of amides is 1. The maximum Gasteiger partial charge on any atom is 0.272 e. The van der Waals surface area contributed by atoms with Gasteiger partial charge in [0.2, 0.25) is 0 Å². The van der Waals surface area contributed by atoms with Gasteiger partial charge in [-0.05, 0) is 50.1 Å². The van der Waals surface area contributed by atoms with Crippen LogP contribution < -0.4 is 5.32 Å². The van der Waals surface area contributed by atoms with Crippen LogP contribution in [0, 0.1) is 13.8 Å². The van der Waals surface area contributed by atoms with Crippen LogP contribution in [-0.2, 0) is 0 Å². The number of fused-ring (bicyclic) bond motifs is 1. The highest BCUT2D eigenvalue weighted by Gasteiger charge is 2.14. The van der Waals surface area contributed by atoms with Crippen molar-refractivity contribution in [3.8, 4) is 0 Å². The number of aromatic nitrogens is 1. The molecule has 3 N–H and O–H groups in total. The summed E-state index contributed by atoms with van der Waals surface area (Å²) in [6.07, 6.45) is -0.640. The molecule has 2 aromatic carbocycles. The van der Waals surface area contributed by atoms with Crippen LogP contribution >= 0.6 is 0 Å². The maximum absolute atomic E-state index is 12.5. The molecule has 1 amide bonds. The fourth-order valence-corrected chi connectivity index (χ4v) is 2.89. The van der Waals surface area contributed by atoms with Crippen LogP contribution in [0.3, 0.4) is 0 Å². The lowest BCUT2D eigenvalue weighted by molar-refractivity contribution is 0.102. The third-order valence-electron chi connectivity index (χ3n) is 3.99. The number of aliphatic hydroxyl groups is 1. The van der Waals surface area contributed by atoms with Gasteiger partial charge in [-0.15, -0.1) is 0 Å². The van der Waals surface area contributed by atoms with E-state index in [0.717, 1.165) is 22.0 Å². The molecule has 1 heterocycles. The Balaban J connectivity index is 1.94. The molecule has 23 heavy (non-hydrogen) atoms. The summed E-state index contributed by atoms with van der Waals surface area (Å²) >= 11 is 0. The smallest absolute Gasteiger partial charge is 0.272 e. The molecule has 0 bridgehead atoms. The van der Waals surface area contributed by atoms with Gasteiger partial charge in [-0.1, -0.05) is 24.3 Å². The van der Waals surface area contributed by atoms with Gasteiger partial charge in [0, 0.05) is 22.2 Å². The highest BCUT2D eigenvalue weighted by Crippen LogP contribution is 2.25. The second-order valence-electron chi connectivity index (χ2n) is 5.94. The van der Waals surface area contributed by atoms with E-state index in [-0.39, 0.29) is 5.91 Å². The molecule has 0 saturated carbocycles. The van der Waals surface area contributed by atoms with E-state index in [1.807, 2.05) is 38.1 Å². The summed E-state index contributed by atoms with van der Waals surface area (Å²) in [4.78, 5) is 15.7. The number of aromatic amines is 1. The number of aliphatic hydroxyl groups excluding tert-OH is 1. The molecule has 1 atom stereocenters. The van der Waals surface area contributed by atoms with Gasteiger partial charge in [0.05, 0.1) is 6.10 Å². The van der Waals surface area contributed by atoms with Crippen molar-refractivity contribution in [2.24, 2.45) is 0 Å². The summed E-state index contributed by atoms with van der Waals surface area (Å²) < 4.78 is 0. The summed E-state index contributed by atoms with van der Waals surface area (Å²) in [5.74, 6) is -0.216. The van der Waals surface area contributed by atoms with E-state index in [0.29, 0.717) is 16.9 Å². The SMILES string of the molecule is Cc1cc(C)c2cc(C(=O)Nc3ccccc3C(C)O)[nH]c2c1. The third-order valence-corrected chi connectivity index (χ3v) is 3.99. The predicted octanol–water partition coefficient (Wildman–Crippen LogP) is 4.09. The van der Waals surface area contributed by atoms with E-state index in [2.05, 4.69) is 16.4 Å². The van der Waals surface area contributed by atoms with Crippen LogP contribution in [-0.4, -0.2) is 16.0 Å². The molecule has 4 nitrogen and oxygen atoms in total. The van der Waals surface area contributed by atoms with E-state index in [9.17, 15) is 9.90 Å². The molecule has 118 valence electrons. The number of hydrogen-bond acceptors (Lipinski definition) is 2. The number of H-pyrrole nitrogens is 1. The first-order chi connectivity index (χ1) is 11.0. The normalized spacial score (nSPS) is 12.3. The Hall–Kier alpha value is -2.59. The van der Waals surface area contributed by atoms with Crippen LogP contribution in [0.5, 0.6) is 0 Å². The van der Waals surface area contributed by atoms with E-state index in [1.54, 1.807) is 19.1 Å². The zero-order valence-electron chi connectivity index (χ0n) is 13.5. The first-order valence-corrected chi connectivity index (χ1v) is 7.64. The van der Waals surface area contributed by atoms with Crippen molar-refractivity contribution in [3.05, 3.63) is 64.8 Å². The number of benzene rings is 2. The van der Waals surface area contributed by atoms with Gasteiger partial charge in [-0.2, -0.15) is 0 Å². The molecule has 0 aliphatic heterocycles. The van der Waals surface area contributed by atoms with Gasteiger partial charge < -0.3 is 15.4 Å². The minimum atomic E-state index is -0.640. The van der Waals surface area contributed by atoms with Crippen molar-refractivity contribution in [3.63, 3.8) is 0 Å². The largest absolute Gasteiger partial charge is 0.389 e. The Labute approximate surface area is 135 Å². The molecule has 0 spiro atoms. The molecule has 1 unspecified atom stereocenters. The summed E-state index contributed by atoms with van der Waals surface area (Å²) in [7, 11) is 0. The molecular weight excluding hydrogens is 288 g/mol. The molecule has 0 saturated heterocycles. The average molecular weight is 308 g/mol. The van der Waals surface area contributed by atoms with Crippen molar-refractivity contribution in [2.75, 3.05) is 5.32 Å².